The number of carboxylic acids is 1. The molecule has 0 saturated carbocycles. The van der Waals surface area contributed by atoms with Crippen molar-refractivity contribution in [1.29, 1.82) is 0 Å². The van der Waals surface area contributed by atoms with Crippen LogP contribution in [-0.2, 0) is 12.6 Å². The second-order valence-corrected chi connectivity index (χ2v) is 5.91. The number of benzene rings is 2. The van der Waals surface area contributed by atoms with Gasteiger partial charge in [-0.2, -0.15) is 13.2 Å². The van der Waals surface area contributed by atoms with Crippen LogP contribution >= 0.6 is 11.6 Å². The van der Waals surface area contributed by atoms with Crippen LogP contribution in [0.25, 0.3) is 10.9 Å². The van der Waals surface area contributed by atoms with Crippen molar-refractivity contribution in [3.8, 4) is 5.75 Å². The van der Waals surface area contributed by atoms with Crippen LogP contribution < -0.4 is 0 Å². The average molecular weight is 370 g/mol. The molecule has 0 amide bonds. The fourth-order valence-electron chi connectivity index (χ4n) is 2.70. The molecule has 4 nitrogen and oxygen atoms in total. The second-order valence-electron chi connectivity index (χ2n) is 5.50. The maximum absolute atomic E-state index is 12.8. The van der Waals surface area contributed by atoms with Crippen LogP contribution in [0, 0.1) is 0 Å². The van der Waals surface area contributed by atoms with E-state index in [9.17, 15) is 28.2 Å². The van der Waals surface area contributed by atoms with Crippen molar-refractivity contribution in [3.63, 3.8) is 0 Å². The van der Waals surface area contributed by atoms with Crippen LogP contribution in [0.5, 0.6) is 5.75 Å². The SMILES string of the molecule is O=C(O)c1[nH]c2ccc(O)cc2c1Cc1ccc(C(F)(F)F)c(Cl)c1. The lowest BCUT2D eigenvalue weighted by Crippen LogP contribution is -2.06. The molecule has 0 radical (unpaired) electrons. The molecule has 1 heterocycles. The molecule has 3 rings (SSSR count). The van der Waals surface area contributed by atoms with E-state index in [1.165, 1.54) is 24.3 Å². The minimum Gasteiger partial charge on any atom is -0.508 e. The van der Waals surface area contributed by atoms with Crippen molar-refractivity contribution in [1.82, 2.24) is 4.98 Å². The smallest absolute Gasteiger partial charge is 0.417 e. The molecule has 25 heavy (non-hydrogen) atoms. The first-order valence-corrected chi connectivity index (χ1v) is 7.47. The van der Waals surface area contributed by atoms with Gasteiger partial charge in [-0.25, -0.2) is 4.79 Å². The van der Waals surface area contributed by atoms with E-state index in [0.29, 0.717) is 22.0 Å². The zero-order valence-corrected chi connectivity index (χ0v) is 13.2. The van der Waals surface area contributed by atoms with E-state index in [1.807, 2.05) is 0 Å². The molecule has 2 aromatic carbocycles. The molecular weight excluding hydrogens is 359 g/mol. The zero-order valence-electron chi connectivity index (χ0n) is 12.5. The summed E-state index contributed by atoms with van der Waals surface area (Å²) < 4.78 is 38.4. The summed E-state index contributed by atoms with van der Waals surface area (Å²) in [6.45, 7) is 0. The van der Waals surface area contributed by atoms with Gasteiger partial charge < -0.3 is 15.2 Å². The molecule has 130 valence electrons. The lowest BCUT2D eigenvalue weighted by Gasteiger charge is -2.10. The standard InChI is InChI=1S/C17H11ClF3NO3/c18-13-6-8(1-3-12(13)17(19,20)21)5-11-10-7-9(23)2-4-14(10)22-15(11)16(24)25/h1-4,6-7,22-23H,5H2,(H,24,25). The highest BCUT2D eigenvalue weighted by molar-refractivity contribution is 6.31. The van der Waals surface area contributed by atoms with Gasteiger partial charge in [0.05, 0.1) is 10.6 Å². The number of carbonyl (C=O) groups is 1. The normalized spacial score (nSPS) is 11.8. The number of hydrogen-bond donors (Lipinski definition) is 3. The monoisotopic (exact) mass is 369 g/mol. The van der Waals surface area contributed by atoms with Gasteiger partial charge in [0.1, 0.15) is 11.4 Å². The van der Waals surface area contributed by atoms with E-state index >= 15 is 0 Å². The molecule has 0 aliphatic heterocycles. The average Bonchev–Trinajstić information content (AvgIpc) is 2.84. The Morgan fingerprint density at radius 1 is 1.16 bits per heavy atom. The number of halogens is 4. The topological polar surface area (TPSA) is 73.3 Å². The Kier molecular flexibility index (Phi) is 4.12. The number of phenols is 1. The molecule has 0 aliphatic carbocycles. The van der Waals surface area contributed by atoms with Crippen LogP contribution in [0.2, 0.25) is 5.02 Å². The predicted octanol–water partition coefficient (Wildman–Crippen LogP) is 4.83. The van der Waals surface area contributed by atoms with Crippen LogP contribution in [0.4, 0.5) is 13.2 Å². The molecule has 0 fully saturated rings. The first kappa shape index (κ1) is 17.2. The number of hydrogen-bond acceptors (Lipinski definition) is 2. The number of aromatic hydroxyl groups is 1. The number of nitrogens with one attached hydrogen (secondary N) is 1. The lowest BCUT2D eigenvalue weighted by atomic mass is 10.00. The molecule has 0 saturated heterocycles. The highest BCUT2D eigenvalue weighted by Gasteiger charge is 2.33. The van der Waals surface area contributed by atoms with E-state index in [2.05, 4.69) is 4.98 Å². The van der Waals surface area contributed by atoms with Crippen LogP contribution in [0.1, 0.15) is 27.2 Å². The molecule has 0 spiro atoms. The van der Waals surface area contributed by atoms with Crippen LogP contribution in [0.15, 0.2) is 36.4 Å². The second kappa shape index (κ2) is 6.00. The van der Waals surface area contributed by atoms with Gasteiger partial charge in [0, 0.05) is 17.3 Å². The summed E-state index contributed by atoms with van der Waals surface area (Å²) in [7, 11) is 0. The fourth-order valence-corrected chi connectivity index (χ4v) is 3.01. The van der Waals surface area contributed by atoms with Gasteiger partial charge in [0.2, 0.25) is 0 Å². The number of aromatic carboxylic acids is 1. The first-order chi connectivity index (χ1) is 11.7. The van der Waals surface area contributed by atoms with Gasteiger partial charge in [0.15, 0.2) is 0 Å². The molecule has 8 heteroatoms. The molecule has 0 unspecified atom stereocenters. The van der Waals surface area contributed by atoms with Gasteiger partial charge >= 0.3 is 12.1 Å². The van der Waals surface area contributed by atoms with E-state index in [1.54, 1.807) is 0 Å². The van der Waals surface area contributed by atoms with Gasteiger partial charge in [-0.1, -0.05) is 17.7 Å². The quantitative estimate of drug-likeness (QED) is 0.618. The number of fused-ring (bicyclic) bond motifs is 1. The Morgan fingerprint density at radius 2 is 1.88 bits per heavy atom. The van der Waals surface area contributed by atoms with Crippen molar-refractivity contribution in [2.45, 2.75) is 12.6 Å². The minimum atomic E-state index is -4.56. The Morgan fingerprint density at radius 3 is 2.48 bits per heavy atom. The summed E-state index contributed by atoms with van der Waals surface area (Å²) in [6.07, 6.45) is -4.52. The zero-order chi connectivity index (χ0) is 18.4. The summed E-state index contributed by atoms with van der Waals surface area (Å²) in [5.74, 6) is -1.25. The van der Waals surface area contributed by atoms with Gasteiger partial charge in [0.25, 0.3) is 0 Å². The lowest BCUT2D eigenvalue weighted by molar-refractivity contribution is -0.137. The molecule has 0 bridgehead atoms. The van der Waals surface area contributed by atoms with Gasteiger partial charge in [-0.15, -0.1) is 0 Å². The molecule has 0 atom stereocenters. The largest absolute Gasteiger partial charge is 0.508 e. The first-order valence-electron chi connectivity index (χ1n) is 7.09. The number of alkyl halides is 3. The van der Waals surface area contributed by atoms with Gasteiger partial charge in [-0.05, 0) is 41.5 Å². The number of aromatic nitrogens is 1. The minimum absolute atomic E-state index is 0.0446. The van der Waals surface area contributed by atoms with Gasteiger partial charge in [-0.3, -0.25) is 0 Å². The Balaban J connectivity index is 2.08. The molecule has 3 N–H and O–H groups in total. The van der Waals surface area contributed by atoms with Crippen molar-refractivity contribution in [2.24, 2.45) is 0 Å². The van der Waals surface area contributed by atoms with Crippen molar-refractivity contribution >= 4 is 28.5 Å². The Bertz CT molecular complexity index is 979. The summed E-state index contributed by atoms with van der Waals surface area (Å²) in [5, 5.41) is 19.0. The highest BCUT2D eigenvalue weighted by Crippen LogP contribution is 2.36. The van der Waals surface area contributed by atoms with E-state index in [-0.39, 0.29) is 17.9 Å². The molecular formula is C17H11ClF3NO3. The van der Waals surface area contributed by atoms with Crippen LogP contribution in [0.3, 0.4) is 0 Å². The van der Waals surface area contributed by atoms with Crippen molar-refractivity contribution in [3.05, 3.63) is 63.8 Å². The Labute approximate surface area is 144 Å². The highest BCUT2D eigenvalue weighted by atomic mass is 35.5. The predicted molar refractivity (Wildman–Crippen MR) is 86.2 cm³/mol. The van der Waals surface area contributed by atoms with E-state index in [4.69, 9.17) is 11.6 Å². The third-order valence-electron chi connectivity index (χ3n) is 3.82. The summed E-state index contributed by atoms with van der Waals surface area (Å²) in [5.41, 5.74) is 0.242. The van der Waals surface area contributed by atoms with Crippen molar-refractivity contribution in [2.75, 3.05) is 0 Å². The molecule has 3 aromatic rings. The molecule has 0 aliphatic rings. The van der Waals surface area contributed by atoms with E-state index < -0.39 is 22.7 Å². The number of phenolic OH excluding ortho intramolecular Hbond substituents is 1. The maximum Gasteiger partial charge on any atom is 0.417 e. The number of H-pyrrole nitrogens is 1. The van der Waals surface area contributed by atoms with Crippen LogP contribution in [-0.4, -0.2) is 21.2 Å². The number of carboxylic acid groups (broad SMARTS) is 1. The number of aromatic amines is 1. The van der Waals surface area contributed by atoms with Crippen molar-refractivity contribution < 1.29 is 28.2 Å². The fraction of sp³-hybridized carbons (Fsp3) is 0.118. The Hall–Kier alpha value is -2.67. The van der Waals surface area contributed by atoms with E-state index in [0.717, 1.165) is 12.1 Å². The third-order valence-corrected chi connectivity index (χ3v) is 4.14. The molecule has 1 aromatic heterocycles. The number of rotatable bonds is 3. The summed E-state index contributed by atoms with van der Waals surface area (Å²) >= 11 is 5.72. The maximum atomic E-state index is 12.8. The third kappa shape index (κ3) is 3.28. The summed E-state index contributed by atoms with van der Waals surface area (Å²) in [6, 6.07) is 7.62. The summed E-state index contributed by atoms with van der Waals surface area (Å²) in [4.78, 5) is 14.2.